The van der Waals surface area contributed by atoms with Gasteiger partial charge in [0.05, 0.1) is 40.8 Å². The molecule has 186 valence electrons. The van der Waals surface area contributed by atoms with Gasteiger partial charge in [-0.25, -0.2) is 24.9 Å². The Morgan fingerprint density at radius 3 is 2.84 bits per heavy atom. The minimum Gasteiger partial charge on any atom is -0.456 e. The van der Waals surface area contributed by atoms with Crippen LogP contribution in [0.4, 0.5) is 17.5 Å². The van der Waals surface area contributed by atoms with Gasteiger partial charge in [-0.15, -0.1) is 0 Å². The number of nitrogens with zero attached hydrogens (tertiary/aromatic N) is 7. The Kier molecular flexibility index (Phi) is 5.12. The third-order valence-electron chi connectivity index (χ3n) is 6.82. The number of fused-ring (bicyclic) bond motifs is 2. The Bertz CT molecular complexity index is 1650. The first kappa shape index (κ1) is 22.2. The lowest BCUT2D eigenvalue weighted by atomic mass is 10.2. The highest BCUT2D eigenvalue weighted by molar-refractivity contribution is 6.32. The Morgan fingerprint density at radius 1 is 1.05 bits per heavy atom. The van der Waals surface area contributed by atoms with Crippen molar-refractivity contribution in [1.82, 2.24) is 29.5 Å². The zero-order valence-corrected chi connectivity index (χ0v) is 20.8. The smallest absolute Gasteiger partial charge is 0.226 e. The number of hydrogen-bond donors (Lipinski definition) is 1. The summed E-state index contributed by atoms with van der Waals surface area (Å²) >= 11 is 6.58. The quantitative estimate of drug-likeness (QED) is 0.352. The maximum Gasteiger partial charge on any atom is 0.226 e. The van der Waals surface area contributed by atoms with E-state index in [1.807, 2.05) is 41.9 Å². The zero-order valence-electron chi connectivity index (χ0n) is 20.1. The molecule has 4 heterocycles. The number of anilines is 3. The molecule has 2 aromatic carbocycles. The molecule has 10 nitrogen and oxygen atoms in total. The molecule has 3 aromatic heterocycles. The molecule has 0 bridgehead atoms. The van der Waals surface area contributed by atoms with Crippen LogP contribution in [-0.2, 0) is 11.8 Å². The van der Waals surface area contributed by atoms with Crippen LogP contribution >= 0.6 is 11.6 Å². The fourth-order valence-electron chi connectivity index (χ4n) is 4.65. The van der Waals surface area contributed by atoms with Crippen LogP contribution < -0.4 is 15.0 Å². The number of imidazole rings is 1. The van der Waals surface area contributed by atoms with E-state index in [-0.39, 0.29) is 5.60 Å². The number of rotatable bonds is 5. The number of halogens is 1. The van der Waals surface area contributed by atoms with E-state index in [0.29, 0.717) is 45.9 Å². The molecule has 1 N–H and O–H groups in total. The summed E-state index contributed by atoms with van der Waals surface area (Å²) in [5.74, 6) is 2.44. The van der Waals surface area contributed by atoms with Crippen molar-refractivity contribution < 1.29 is 9.47 Å². The summed E-state index contributed by atoms with van der Waals surface area (Å²) in [4.78, 5) is 24.7. The summed E-state index contributed by atoms with van der Waals surface area (Å²) in [7, 11) is 1.96. The predicted octanol–water partition coefficient (Wildman–Crippen LogP) is 4.87. The Balaban J connectivity index is 1.13. The van der Waals surface area contributed by atoms with Gasteiger partial charge in [-0.3, -0.25) is 0 Å². The van der Waals surface area contributed by atoms with Crippen LogP contribution in [0.25, 0.3) is 22.1 Å². The highest BCUT2D eigenvalue weighted by Gasteiger charge is 2.48. The van der Waals surface area contributed by atoms with E-state index >= 15 is 0 Å². The SMILES string of the molecule is Cn1cnc2cc(Oc3ccc(Nc4ncnc5cnc(N6CCOC7(CC7)C6)nc45)cc3Cl)ccc21. The van der Waals surface area contributed by atoms with Crippen molar-refractivity contribution in [1.29, 1.82) is 0 Å². The van der Waals surface area contributed by atoms with Crippen molar-refractivity contribution in [3.8, 4) is 11.5 Å². The Hall–Kier alpha value is -4.02. The maximum atomic E-state index is 6.58. The summed E-state index contributed by atoms with van der Waals surface area (Å²) < 4.78 is 13.9. The van der Waals surface area contributed by atoms with Crippen molar-refractivity contribution in [2.75, 3.05) is 29.9 Å². The van der Waals surface area contributed by atoms with E-state index in [9.17, 15) is 0 Å². The molecule has 7 rings (SSSR count). The molecule has 0 radical (unpaired) electrons. The first-order chi connectivity index (χ1) is 18.1. The van der Waals surface area contributed by atoms with Crippen LogP contribution in [0.3, 0.4) is 0 Å². The standard InChI is InChI=1S/C26H23ClN8O2/c1-34-15-31-19-11-17(3-4-21(19)34)37-22-5-2-16(10-18(22)27)32-24-23-20(29-14-30-24)12-28-25(33-23)35-8-9-36-26(13-35)6-7-26/h2-5,10-12,14-15H,6-9,13H2,1H3,(H,29,30,32). The number of benzene rings is 2. The van der Waals surface area contributed by atoms with Crippen LogP contribution in [0.15, 0.2) is 55.2 Å². The van der Waals surface area contributed by atoms with Crippen molar-refractivity contribution in [3.63, 3.8) is 0 Å². The average Bonchev–Trinajstić information content (AvgIpc) is 3.55. The fourth-order valence-corrected chi connectivity index (χ4v) is 4.87. The molecule has 11 heteroatoms. The van der Waals surface area contributed by atoms with Gasteiger partial charge in [-0.05, 0) is 43.2 Å². The predicted molar refractivity (Wildman–Crippen MR) is 141 cm³/mol. The third-order valence-corrected chi connectivity index (χ3v) is 7.12. The number of aryl methyl sites for hydroxylation is 1. The van der Waals surface area contributed by atoms with E-state index in [1.54, 1.807) is 18.6 Å². The summed E-state index contributed by atoms with van der Waals surface area (Å²) in [5.41, 5.74) is 3.92. The number of morpholine rings is 1. The second kappa shape index (κ2) is 8.53. The molecule has 1 spiro atoms. The highest BCUT2D eigenvalue weighted by atomic mass is 35.5. The first-order valence-electron chi connectivity index (χ1n) is 12.1. The first-order valence-corrected chi connectivity index (χ1v) is 12.5. The maximum absolute atomic E-state index is 6.58. The number of nitrogens with one attached hydrogen (secondary N) is 1. The lowest BCUT2D eigenvalue weighted by Gasteiger charge is -2.33. The molecule has 0 amide bonds. The lowest BCUT2D eigenvalue weighted by molar-refractivity contribution is 0.0201. The molecule has 2 aliphatic rings. The van der Waals surface area contributed by atoms with Gasteiger partial charge in [-0.1, -0.05) is 11.6 Å². The van der Waals surface area contributed by atoms with Crippen LogP contribution in [0.1, 0.15) is 12.8 Å². The van der Waals surface area contributed by atoms with Crippen LogP contribution in [-0.4, -0.2) is 54.8 Å². The summed E-state index contributed by atoms with van der Waals surface area (Å²) in [6.07, 6.45) is 7.18. The second-order valence-electron chi connectivity index (χ2n) is 9.46. The zero-order chi connectivity index (χ0) is 25.0. The van der Waals surface area contributed by atoms with E-state index in [2.05, 4.69) is 30.2 Å². The van der Waals surface area contributed by atoms with Crippen molar-refractivity contribution in [3.05, 3.63) is 60.3 Å². The van der Waals surface area contributed by atoms with E-state index in [4.69, 9.17) is 26.1 Å². The minimum atomic E-state index is -0.0191. The van der Waals surface area contributed by atoms with Crippen LogP contribution in [0, 0.1) is 0 Å². The highest BCUT2D eigenvalue weighted by Crippen LogP contribution is 2.42. The molecule has 1 saturated heterocycles. The van der Waals surface area contributed by atoms with Crippen LogP contribution in [0.2, 0.25) is 5.02 Å². The molecule has 1 aliphatic heterocycles. The summed E-state index contributed by atoms with van der Waals surface area (Å²) in [5, 5.41) is 3.79. The van der Waals surface area contributed by atoms with E-state index in [1.165, 1.54) is 6.33 Å². The van der Waals surface area contributed by atoms with Crippen molar-refractivity contribution in [2.24, 2.45) is 7.05 Å². The molecule has 37 heavy (non-hydrogen) atoms. The third kappa shape index (κ3) is 4.17. The van der Waals surface area contributed by atoms with Crippen molar-refractivity contribution >= 4 is 51.1 Å². The molecule has 5 aromatic rings. The van der Waals surface area contributed by atoms with Gasteiger partial charge in [-0.2, -0.15) is 0 Å². The van der Waals surface area contributed by atoms with Gasteiger partial charge in [0, 0.05) is 31.9 Å². The fraction of sp³-hybridized carbons (Fsp3) is 0.269. The topological polar surface area (TPSA) is 103 Å². The van der Waals surface area contributed by atoms with Gasteiger partial charge in [0.25, 0.3) is 0 Å². The monoisotopic (exact) mass is 514 g/mol. The average molecular weight is 515 g/mol. The molecular formula is C26H23ClN8O2. The molecule has 0 unspecified atom stereocenters. The van der Waals surface area contributed by atoms with E-state index < -0.39 is 0 Å². The molecule has 1 aliphatic carbocycles. The largest absolute Gasteiger partial charge is 0.456 e. The van der Waals surface area contributed by atoms with Crippen LogP contribution in [0.5, 0.6) is 11.5 Å². The van der Waals surface area contributed by atoms with Gasteiger partial charge in [0.2, 0.25) is 5.95 Å². The second-order valence-corrected chi connectivity index (χ2v) is 9.86. The molecule has 0 atom stereocenters. The van der Waals surface area contributed by atoms with Crippen molar-refractivity contribution in [2.45, 2.75) is 18.4 Å². The van der Waals surface area contributed by atoms with Gasteiger partial charge in [0.1, 0.15) is 28.9 Å². The number of ether oxygens (including phenoxy) is 2. The van der Waals surface area contributed by atoms with Gasteiger partial charge >= 0.3 is 0 Å². The Morgan fingerprint density at radius 2 is 1.97 bits per heavy atom. The number of hydrogen-bond acceptors (Lipinski definition) is 9. The normalized spacial score (nSPS) is 16.4. The summed E-state index contributed by atoms with van der Waals surface area (Å²) in [6, 6.07) is 11.3. The molecule has 2 fully saturated rings. The Labute approximate surface area is 217 Å². The molecule has 1 saturated carbocycles. The summed E-state index contributed by atoms with van der Waals surface area (Å²) in [6.45, 7) is 2.24. The van der Waals surface area contributed by atoms with Gasteiger partial charge < -0.3 is 24.3 Å². The van der Waals surface area contributed by atoms with Gasteiger partial charge in [0.15, 0.2) is 5.82 Å². The number of aromatic nitrogens is 6. The molecular weight excluding hydrogens is 492 g/mol. The lowest BCUT2D eigenvalue weighted by Crippen LogP contribution is -2.44. The van der Waals surface area contributed by atoms with E-state index in [0.717, 1.165) is 42.7 Å². The minimum absolute atomic E-state index is 0.0191.